The summed E-state index contributed by atoms with van der Waals surface area (Å²) in [6, 6.07) is 4.14. The van der Waals surface area contributed by atoms with Crippen LogP contribution in [0.2, 0.25) is 0 Å². The second kappa shape index (κ2) is 7.30. The number of hydrogen-bond donors (Lipinski definition) is 2. The molecular formula is C24H30N2O6. The molecule has 0 aromatic heterocycles. The van der Waals surface area contributed by atoms with Crippen LogP contribution in [0.1, 0.15) is 42.9 Å². The first-order chi connectivity index (χ1) is 15.2. The van der Waals surface area contributed by atoms with Crippen molar-refractivity contribution in [3.63, 3.8) is 0 Å². The molecule has 3 N–H and O–H groups in total. The lowest BCUT2D eigenvalue weighted by molar-refractivity contribution is -0.175. The zero-order chi connectivity index (χ0) is 22.8. The number of ether oxygens (including phenoxy) is 3. The molecule has 2 aliphatic heterocycles. The number of likely N-dealkylation sites (N-methyl/N-ethyl adjacent to an activating group) is 1. The molecule has 4 aliphatic rings. The lowest BCUT2D eigenvalue weighted by Crippen LogP contribution is -2.74. The minimum Gasteiger partial charge on any atom is -0.481 e. The molecule has 1 aromatic carbocycles. The number of nitrogens with zero attached hydrogens (tertiary/aromatic N) is 1. The predicted octanol–water partition coefficient (Wildman–Crippen LogP) is 1.10. The molecule has 2 heterocycles. The van der Waals surface area contributed by atoms with Crippen molar-refractivity contribution in [2.45, 2.75) is 68.8 Å². The molecule has 1 saturated heterocycles. The lowest BCUT2D eigenvalue weighted by Gasteiger charge is -2.61. The zero-order valence-electron chi connectivity index (χ0n) is 18.7. The summed E-state index contributed by atoms with van der Waals surface area (Å²) < 4.78 is 17.4. The maximum atomic E-state index is 12.7. The molecule has 8 nitrogen and oxygen atoms in total. The molecule has 0 saturated carbocycles. The highest BCUT2D eigenvalue weighted by molar-refractivity contribution is 5.80. The summed E-state index contributed by atoms with van der Waals surface area (Å²) in [7, 11) is 2.05. The number of nitrogens with two attached hydrogens (primary N) is 1. The fourth-order valence-electron chi connectivity index (χ4n) is 6.21. The summed E-state index contributed by atoms with van der Waals surface area (Å²) >= 11 is 0. The monoisotopic (exact) mass is 442 g/mol. The summed E-state index contributed by atoms with van der Waals surface area (Å²) in [6.45, 7) is 4.44. The first-order valence-electron chi connectivity index (χ1n) is 11.3. The lowest BCUT2D eigenvalue weighted by atomic mass is 9.50. The number of rotatable bonds is 5. The molecule has 5 rings (SSSR count). The maximum absolute atomic E-state index is 12.7. The van der Waals surface area contributed by atoms with E-state index in [4.69, 9.17) is 19.9 Å². The van der Waals surface area contributed by atoms with Gasteiger partial charge in [0, 0.05) is 24.6 Å². The van der Waals surface area contributed by atoms with Gasteiger partial charge in [-0.1, -0.05) is 12.1 Å². The summed E-state index contributed by atoms with van der Waals surface area (Å²) in [5.74, 6) is -0.0358. The Labute approximate surface area is 187 Å². The van der Waals surface area contributed by atoms with E-state index in [0.29, 0.717) is 18.6 Å². The van der Waals surface area contributed by atoms with Gasteiger partial charge in [0.15, 0.2) is 12.2 Å². The molecule has 2 bridgehead atoms. The number of benzene rings is 1. The Kier molecular flexibility index (Phi) is 4.89. The molecule has 1 spiro atoms. The maximum Gasteiger partial charge on any atom is 0.352 e. The standard InChI is InChI=1S/C24H30N2O6/c1-13-4-5-15-12-17-24(29)8-6-16(31-22(28)14(2)30-18(27)7-10-25)21-23(24,9-11-26(17)3)19(15)20(13)32-21/h4-6,14,17,21,29H,7-12,25H2,1-3H3/t14-,17+,21-,23-,24+/m0/s1. The van der Waals surface area contributed by atoms with Gasteiger partial charge in [-0.05, 0) is 57.5 Å². The Bertz CT molecular complexity index is 1020. The van der Waals surface area contributed by atoms with E-state index in [0.717, 1.165) is 29.8 Å². The first-order valence-corrected chi connectivity index (χ1v) is 11.3. The second-order valence-electron chi connectivity index (χ2n) is 9.49. The smallest absolute Gasteiger partial charge is 0.352 e. The van der Waals surface area contributed by atoms with Crippen LogP contribution in [0.4, 0.5) is 0 Å². The Morgan fingerprint density at radius 1 is 1.41 bits per heavy atom. The normalized spacial score (nSPS) is 33.0. The van der Waals surface area contributed by atoms with Crippen molar-refractivity contribution in [2.24, 2.45) is 5.73 Å². The van der Waals surface area contributed by atoms with Gasteiger partial charge in [-0.3, -0.25) is 4.79 Å². The van der Waals surface area contributed by atoms with Crippen LogP contribution in [-0.4, -0.2) is 65.9 Å². The fourth-order valence-corrected chi connectivity index (χ4v) is 6.21. The van der Waals surface area contributed by atoms with Crippen LogP contribution in [0.15, 0.2) is 24.0 Å². The highest BCUT2D eigenvalue weighted by atomic mass is 16.6. The highest BCUT2D eigenvalue weighted by Gasteiger charge is 2.71. The van der Waals surface area contributed by atoms with E-state index in [9.17, 15) is 14.7 Å². The van der Waals surface area contributed by atoms with Crippen molar-refractivity contribution >= 4 is 11.9 Å². The predicted molar refractivity (Wildman–Crippen MR) is 115 cm³/mol. The summed E-state index contributed by atoms with van der Waals surface area (Å²) in [4.78, 5) is 26.7. The molecule has 1 fully saturated rings. The first kappa shape index (κ1) is 21.4. The van der Waals surface area contributed by atoms with Crippen molar-refractivity contribution < 1.29 is 28.9 Å². The van der Waals surface area contributed by atoms with Crippen LogP contribution < -0.4 is 10.5 Å². The van der Waals surface area contributed by atoms with Crippen LogP contribution in [0.25, 0.3) is 0 Å². The average molecular weight is 443 g/mol. The van der Waals surface area contributed by atoms with Crippen LogP contribution in [0.5, 0.6) is 5.75 Å². The number of aliphatic hydroxyl groups is 1. The summed E-state index contributed by atoms with van der Waals surface area (Å²) in [6.07, 6.45) is 1.95. The molecule has 1 aromatic rings. The van der Waals surface area contributed by atoms with Crippen LogP contribution >= 0.6 is 0 Å². The number of hydrogen-bond acceptors (Lipinski definition) is 8. The van der Waals surface area contributed by atoms with Gasteiger partial charge < -0.3 is 30.0 Å². The van der Waals surface area contributed by atoms with Crippen LogP contribution in [-0.2, 0) is 30.9 Å². The third-order valence-electron chi connectivity index (χ3n) is 7.78. The summed E-state index contributed by atoms with van der Waals surface area (Å²) in [5.41, 5.74) is 6.93. The molecule has 8 heteroatoms. The minimum absolute atomic E-state index is 0.0362. The van der Waals surface area contributed by atoms with E-state index in [1.807, 2.05) is 6.92 Å². The Balaban J connectivity index is 1.51. The Morgan fingerprint density at radius 2 is 2.19 bits per heavy atom. The molecule has 0 radical (unpaired) electrons. The Hall–Kier alpha value is -2.42. The number of carbonyl (C=O) groups is 2. The highest BCUT2D eigenvalue weighted by Crippen LogP contribution is 2.64. The SMILES string of the molecule is Cc1ccc2c3c1O[C@H]1C(OC(=O)[C@H](C)OC(=O)CCN)=CC[C@@]4(O)[C@@H](C2)N(C)CC[C@]314. The molecule has 5 atom stereocenters. The third-order valence-corrected chi connectivity index (χ3v) is 7.78. The number of likely N-dealkylation sites (tertiary alicyclic amines) is 1. The molecule has 2 aliphatic carbocycles. The molecule has 32 heavy (non-hydrogen) atoms. The summed E-state index contributed by atoms with van der Waals surface area (Å²) in [5, 5.41) is 12.1. The van der Waals surface area contributed by atoms with Crippen molar-refractivity contribution in [3.8, 4) is 5.75 Å². The van der Waals surface area contributed by atoms with Gasteiger partial charge >= 0.3 is 11.9 Å². The number of carbonyl (C=O) groups excluding carboxylic acids is 2. The van der Waals surface area contributed by atoms with Gasteiger partial charge in [0.1, 0.15) is 11.5 Å². The molecule has 0 amide bonds. The largest absolute Gasteiger partial charge is 0.481 e. The van der Waals surface area contributed by atoms with Gasteiger partial charge in [-0.2, -0.15) is 0 Å². The topological polar surface area (TPSA) is 111 Å². The van der Waals surface area contributed by atoms with Crippen molar-refractivity contribution in [2.75, 3.05) is 20.1 Å². The van der Waals surface area contributed by atoms with E-state index in [1.165, 1.54) is 12.5 Å². The second-order valence-corrected chi connectivity index (χ2v) is 9.49. The van der Waals surface area contributed by atoms with Crippen LogP contribution in [0, 0.1) is 6.92 Å². The molecule has 0 unspecified atom stereocenters. The molecular weight excluding hydrogens is 412 g/mol. The van der Waals surface area contributed by atoms with Crippen molar-refractivity contribution in [1.29, 1.82) is 0 Å². The van der Waals surface area contributed by atoms with Crippen molar-refractivity contribution in [3.05, 3.63) is 40.7 Å². The fraction of sp³-hybridized carbons (Fsp3) is 0.583. The minimum atomic E-state index is -1.06. The van der Waals surface area contributed by atoms with E-state index in [2.05, 4.69) is 24.1 Å². The Morgan fingerprint density at radius 3 is 2.94 bits per heavy atom. The number of piperidine rings is 1. The van der Waals surface area contributed by atoms with Gasteiger partial charge in [-0.25, -0.2) is 4.79 Å². The van der Waals surface area contributed by atoms with Gasteiger partial charge in [0.2, 0.25) is 0 Å². The van der Waals surface area contributed by atoms with Gasteiger partial charge in [0.25, 0.3) is 0 Å². The van der Waals surface area contributed by atoms with E-state index >= 15 is 0 Å². The van der Waals surface area contributed by atoms with Crippen molar-refractivity contribution in [1.82, 2.24) is 4.90 Å². The third kappa shape index (κ3) is 2.72. The number of esters is 2. The molecule has 172 valence electrons. The number of aryl methyl sites for hydroxylation is 1. The zero-order valence-corrected chi connectivity index (χ0v) is 18.7. The van der Waals surface area contributed by atoms with Gasteiger partial charge in [-0.15, -0.1) is 0 Å². The van der Waals surface area contributed by atoms with Gasteiger partial charge in [0.05, 0.1) is 17.4 Å². The van der Waals surface area contributed by atoms with E-state index < -0.39 is 35.2 Å². The quantitative estimate of drug-likeness (QED) is 0.652. The van der Waals surface area contributed by atoms with E-state index in [-0.39, 0.29) is 19.0 Å². The van der Waals surface area contributed by atoms with Crippen LogP contribution in [0.3, 0.4) is 0 Å². The average Bonchev–Trinajstić information content (AvgIpc) is 3.10. The van der Waals surface area contributed by atoms with E-state index in [1.54, 1.807) is 6.08 Å².